The van der Waals surface area contributed by atoms with Crippen molar-refractivity contribution >= 4 is 6.16 Å². The summed E-state index contributed by atoms with van der Waals surface area (Å²) in [6.45, 7) is 2.56. The maximum Gasteiger partial charge on any atom is 0.540 e. The Kier molecular flexibility index (Phi) is 12.7. The Morgan fingerprint density at radius 1 is 0.882 bits per heavy atom. The second kappa shape index (κ2) is 13.3. The highest BCUT2D eigenvalue weighted by Gasteiger charge is 2.00. The maximum absolute atomic E-state index is 10.4. The van der Waals surface area contributed by atoms with Gasteiger partial charge in [-0.25, -0.2) is 4.79 Å². The molecular weight excluding hydrogens is 220 g/mol. The van der Waals surface area contributed by atoms with Crippen LogP contribution in [0.3, 0.4) is 0 Å². The van der Waals surface area contributed by atoms with E-state index in [1.165, 1.54) is 51.4 Å². The Morgan fingerprint density at radius 3 is 1.82 bits per heavy atom. The van der Waals surface area contributed by atoms with Crippen LogP contribution in [0.4, 0.5) is 4.79 Å². The standard InChI is InChI=1S/C13H26O4/c1-2-3-4-5-6-7-8-9-10-11-12-16-13(14)17-15/h15H,2-12H2,1H3. The van der Waals surface area contributed by atoms with Gasteiger partial charge in [-0.3, -0.25) is 4.89 Å². The lowest BCUT2D eigenvalue weighted by molar-refractivity contribution is -0.200. The Morgan fingerprint density at radius 2 is 1.35 bits per heavy atom. The second-order valence-corrected chi connectivity index (χ2v) is 4.37. The summed E-state index contributed by atoms with van der Waals surface area (Å²) in [5, 5.41) is 7.92. The Hall–Kier alpha value is -0.770. The third-order valence-electron chi connectivity index (χ3n) is 2.79. The fourth-order valence-electron chi connectivity index (χ4n) is 1.77. The molecular formula is C13H26O4. The third kappa shape index (κ3) is 13.2. The van der Waals surface area contributed by atoms with Crippen LogP contribution >= 0.6 is 0 Å². The van der Waals surface area contributed by atoms with Gasteiger partial charge >= 0.3 is 6.16 Å². The third-order valence-corrected chi connectivity index (χ3v) is 2.79. The number of carbonyl (C=O) groups excluding carboxylic acids is 1. The normalized spacial score (nSPS) is 10.2. The van der Waals surface area contributed by atoms with Gasteiger partial charge in [0.25, 0.3) is 0 Å². The van der Waals surface area contributed by atoms with E-state index in [1.807, 2.05) is 0 Å². The van der Waals surface area contributed by atoms with Crippen LogP contribution in [-0.4, -0.2) is 18.0 Å². The van der Waals surface area contributed by atoms with Crippen molar-refractivity contribution in [3.05, 3.63) is 0 Å². The summed E-state index contributed by atoms with van der Waals surface area (Å²) in [5.41, 5.74) is 0. The van der Waals surface area contributed by atoms with Crippen LogP contribution < -0.4 is 0 Å². The van der Waals surface area contributed by atoms with Crippen molar-refractivity contribution in [1.82, 2.24) is 0 Å². The van der Waals surface area contributed by atoms with Gasteiger partial charge in [0, 0.05) is 0 Å². The van der Waals surface area contributed by atoms with Crippen molar-refractivity contribution in [2.24, 2.45) is 0 Å². The lowest BCUT2D eigenvalue weighted by Gasteiger charge is -2.02. The highest BCUT2D eigenvalue weighted by molar-refractivity contribution is 5.58. The highest BCUT2D eigenvalue weighted by atomic mass is 17.1. The van der Waals surface area contributed by atoms with E-state index in [4.69, 9.17) is 5.26 Å². The van der Waals surface area contributed by atoms with Crippen molar-refractivity contribution < 1.29 is 19.7 Å². The van der Waals surface area contributed by atoms with Gasteiger partial charge in [-0.15, -0.1) is 0 Å². The molecule has 0 saturated carbocycles. The van der Waals surface area contributed by atoms with E-state index in [9.17, 15) is 4.79 Å². The molecule has 0 aromatic carbocycles. The molecule has 0 bridgehead atoms. The van der Waals surface area contributed by atoms with E-state index in [2.05, 4.69) is 16.5 Å². The lowest BCUT2D eigenvalue weighted by Crippen LogP contribution is -2.05. The minimum absolute atomic E-state index is 0.329. The van der Waals surface area contributed by atoms with Crippen molar-refractivity contribution in [1.29, 1.82) is 0 Å². The fourth-order valence-corrected chi connectivity index (χ4v) is 1.77. The molecule has 102 valence electrons. The first-order chi connectivity index (χ1) is 8.31. The van der Waals surface area contributed by atoms with Gasteiger partial charge in [0.05, 0.1) is 6.61 Å². The molecule has 0 heterocycles. The van der Waals surface area contributed by atoms with Crippen LogP contribution in [0.1, 0.15) is 71.1 Å². The number of hydrogen-bond acceptors (Lipinski definition) is 4. The molecule has 4 heteroatoms. The van der Waals surface area contributed by atoms with Crippen molar-refractivity contribution in [2.75, 3.05) is 6.61 Å². The van der Waals surface area contributed by atoms with Crippen molar-refractivity contribution in [2.45, 2.75) is 71.1 Å². The highest BCUT2D eigenvalue weighted by Crippen LogP contribution is 2.10. The summed E-state index contributed by atoms with van der Waals surface area (Å²) >= 11 is 0. The van der Waals surface area contributed by atoms with E-state index in [1.54, 1.807) is 0 Å². The predicted molar refractivity (Wildman–Crippen MR) is 66.9 cm³/mol. The first-order valence-electron chi connectivity index (χ1n) is 6.79. The summed E-state index contributed by atoms with van der Waals surface area (Å²) in [7, 11) is 0. The monoisotopic (exact) mass is 246 g/mol. The van der Waals surface area contributed by atoms with E-state index in [0.717, 1.165) is 12.8 Å². The summed E-state index contributed by atoms with van der Waals surface area (Å²) in [6, 6.07) is 0. The van der Waals surface area contributed by atoms with Gasteiger partial charge in [0.2, 0.25) is 0 Å². The number of ether oxygens (including phenoxy) is 1. The summed E-state index contributed by atoms with van der Waals surface area (Å²) in [5.74, 6) is 0. The molecule has 4 nitrogen and oxygen atoms in total. The SMILES string of the molecule is CCCCCCCCCCCCOC(=O)OO. The van der Waals surface area contributed by atoms with Gasteiger partial charge in [-0.05, 0) is 6.42 Å². The Labute approximate surface area is 104 Å². The zero-order chi connectivity index (χ0) is 12.8. The molecule has 0 amide bonds. The van der Waals surface area contributed by atoms with Crippen LogP contribution in [0.25, 0.3) is 0 Å². The Bertz CT molecular complexity index is 171. The molecule has 0 aromatic heterocycles. The van der Waals surface area contributed by atoms with Gasteiger partial charge in [-0.2, -0.15) is 5.26 Å². The van der Waals surface area contributed by atoms with E-state index in [0.29, 0.717) is 6.61 Å². The molecule has 1 N–H and O–H groups in total. The number of carbonyl (C=O) groups is 1. The fraction of sp³-hybridized carbons (Fsp3) is 0.923. The number of hydrogen-bond donors (Lipinski definition) is 1. The van der Waals surface area contributed by atoms with Gasteiger partial charge < -0.3 is 4.74 Å². The molecule has 0 atom stereocenters. The zero-order valence-corrected chi connectivity index (χ0v) is 11.0. The first-order valence-corrected chi connectivity index (χ1v) is 6.79. The average Bonchev–Trinajstić information content (AvgIpc) is 2.35. The molecule has 0 aliphatic heterocycles. The largest absolute Gasteiger partial charge is 0.540 e. The van der Waals surface area contributed by atoms with Crippen LogP contribution in [0.2, 0.25) is 0 Å². The molecule has 0 unspecified atom stereocenters. The smallest absolute Gasteiger partial charge is 0.432 e. The molecule has 0 fully saturated rings. The molecule has 0 radical (unpaired) electrons. The van der Waals surface area contributed by atoms with E-state index < -0.39 is 6.16 Å². The quantitative estimate of drug-likeness (QED) is 0.252. The second-order valence-electron chi connectivity index (χ2n) is 4.37. The summed E-state index contributed by atoms with van der Waals surface area (Å²) in [4.78, 5) is 13.8. The molecule has 0 aromatic rings. The molecule has 17 heavy (non-hydrogen) atoms. The average molecular weight is 246 g/mol. The predicted octanol–water partition coefficient (Wildman–Crippen LogP) is 4.53. The molecule has 0 saturated heterocycles. The molecule has 0 spiro atoms. The van der Waals surface area contributed by atoms with Crippen molar-refractivity contribution in [3.8, 4) is 0 Å². The molecule has 0 aliphatic rings. The number of rotatable bonds is 11. The number of unbranched alkanes of at least 4 members (excludes halogenated alkanes) is 9. The van der Waals surface area contributed by atoms with Crippen LogP contribution in [0.5, 0.6) is 0 Å². The van der Waals surface area contributed by atoms with Crippen LogP contribution in [0.15, 0.2) is 0 Å². The van der Waals surface area contributed by atoms with Crippen LogP contribution in [-0.2, 0) is 9.62 Å². The molecule has 0 aliphatic carbocycles. The van der Waals surface area contributed by atoms with E-state index in [-0.39, 0.29) is 0 Å². The summed E-state index contributed by atoms with van der Waals surface area (Å²) < 4.78 is 4.55. The lowest BCUT2D eigenvalue weighted by atomic mass is 10.1. The summed E-state index contributed by atoms with van der Waals surface area (Å²) in [6.07, 6.45) is 11.4. The topological polar surface area (TPSA) is 55.8 Å². The maximum atomic E-state index is 10.4. The minimum atomic E-state index is -1.01. The van der Waals surface area contributed by atoms with Gasteiger partial charge in [0.15, 0.2) is 0 Å². The first kappa shape index (κ1) is 16.2. The van der Waals surface area contributed by atoms with Gasteiger partial charge in [0.1, 0.15) is 0 Å². The molecule has 0 rings (SSSR count). The zero-order valence-electron chi connectivity index (χ0n) is 11.0. The van der Waals surface area contributed by atoms with Crippen molar-refractivity contribution in [3.63, 3.8) is 0 Å². The van der Waals surface area contributed by atoms with Gasteiger partial charge in [-0.1, -0.05) is 64.7 Å². The Balaban J connectivity index is 2.96. The van der Waals surface area contributed by atoms with E-state index >= 15 is 0 Å². The minimum Gasteiger partial charge on any atom is -0.432 e. The van der Waals surface area contributed by atoms with Crippen LogP contribution in [0, 0.1) is 0 Å².